The van der Waals surface area contributed by atoms with Gasteiger partial charge in [0, 0.05) is 6.42 Å². The largest absolute Gasteiger partial charge is 0.456 e. The Hall–Kier alpha value is -0.700. The van der Waals surface area contributed by atoms with Crippen molar-refractivity contribution < 1.29 is 14.6 Å². The van der Waals surface area contributed by atoms with Crippen LogP contribution in [0.25, 0.3) is 0 Å². The van der Waals surface area contributed by atoms with Crippen LogP contribution in [0.15, 0.2) is 12.5 Å². The maximum absolute atomic E-state index is 9.98. The van der Waals surface area contributed by atoms with Gasteiger partial charge in [-0.05, 0) is 26.2 Å². The minimum absolute atomic E-state index is 0.178. The molecule has 0 radical (unpaired) electrons. The number of rotatable bonds is 7. The Kier molecular flexibility index (Phi) is 3.67. The van der Waals surface area contributed by atoms with Crippen LogP contribution in [-0.4, -0.2) is 17.0 Å². The fourth-order valence-corrected chi connectivity index (χ4v) is 2.94. The van der Waals surface area contributed by atoms with Gasteiger partial charge in [-0.2, -0.15) is 0 Å². The van der Waals surface area contributed by atoms with Gasteiger partial charge < -0.3 is 14.6 Å². The normalized spacial score (nSPS) is 25.1. The Bertz CT molecular complexity index is 271. The highest BCUT2D eigenvalue weighted by atomic mass is 16.7. The van der Waals surface area contributed by atoms with E-state index in [0.29, 0.717) is 0 Å². The van der Waals surface area contributed by atoms with Gasteiger partial charge in [-0.1, -0.05) is 26.2 Å². The molecule has 1 N–H and O–H groups in total. The first-order valence-corrected chi connectivity index (χ1v) is 6.85. The number of ether oxygens (including phenoxy) is 2. The highest BCUT2D eigenvalue weighted by Crippen LogP contribution is 2.61. The Morgan fingerprint density at radius 3 is 2.29 bits per heavy atom. The molecular weight excluding hydrogens is 216 g/mol. The van der Waals surface area contributed by atoms with E-state index in [1.165, 1.54) is 19.3 Å². The second-order valence-electron chi connectivity index (χ2n) is 5.40. The van der Waals surface area contributed by atoms with Crippen molar-refractivity contribution in [3.05, 3.63) is 12.5 Å². The smallest absolute Gasteiger partial charge is 0.257 e. The zero-order valence-corrected chi connectivity index (χ0v) is 10.9. The summed E-state index contributed by atoms with van der Waals surface area (Å²) in [5.41, 5.74) is -0.178. The predicted molar refractivity (Wildman–Crippen MR) is 66.1 cm³/mol. The molecule has 3 nitrogen and oxygen atoms in total. The van der Waals surface area contributed by atoms with Crippen molar-refractivity contribution in [2.45, 2.75) is 70.7 Å². The van der Waals surface area contributed by atoms with E-state index in [1.54, 1.807) is 12.5 Å². The van der Waals surface area contributed by atoms with Crippen LogP contribution in [0.2, 0.25) is 0 Å². The zero-order chi connectivity index (χ0) is 12.4. The van der Waals surface area contributed by atoms with Crippen molar-refractivity contribution in [3.63, 3.8) is 0 Å². The Balaban J connectivity index is 1.96. The molecule has 1 unspecified atom stereocenters. The van der Waals surface area contributed by atoms with Crippen molar-refractivity contribution in [1.29, 1.82) is 0 Å². The summed E-state index contributed by atoms with van der Waals surface area (Å²) in [5.74, 6) is -0.588. The summed E-state index contributed by atoms with van der Waals surface area (Å²) < 4.78 is 11.5. The Morgan fingerprint density at radius 1 is 1.18 bits per heavy atom. The second-order valence-corrected chi connectivity index (χ2v) is 5.40. The predicted octanol–water partition coefficient (Wildman–Crippen LogP) is 3.33. The molecule has 2 aliphatic rings. The number of aliphatic hydroxyl groups excluding tert-OH is 1. The topological polar surface area (TPSA) is 38.7 Å². The highest BCUT2D eigenvalue weighted by molar-refractivity contribution is 5.10. The van der Waals surface area contributed by atoms with Crippen LogP contribution >= 0.6 is 0 Å². The molecule has 0 amide bonds. The van der Waals surface area contributed by atoms with Crippen LogP contribution in [0.3, 0.4) is 0 Å². The lowest BCUT2D eigenvalue weighted by Crippen LogP contribution is -2.46. The van der Waals surface area contributed by atoms with Crippen molar-refractivity contribution in [2.24, 2.45) is 5.41 Å². The summed E-state index contributed by atoms with van der Waals surface area (Å²) in [7, 11) is 0. The maximum atomic E-state index is 9.98. The molecular formula is C14H24O3. The minimum Gasteiger partial charge on any atom is -0.456 e. The fourth-order valence-electron chi connectivity index (χ4n) is 2.94. The van der Waals surface area contributed by atoms with Crippen LogP contribution in [0.1, 0.15) is 58.8 Å². The van der Waals surface area contributed by atoms with Gasteiger partial charge in [0.25, 0.3) is 5.79 Å². The van der Waals surface area contributed by atoms with Gasteiger partial charge in [0.15, 0.2) is 0 Å². The van der Waals surface area contributed by atoms with Gasteiger partial charge in [0.1, 0.15) is 12.5 Å². The molecule has 2 rings (SSSR count). The quantitative estimate of drug-likeness (QED) is 0.694. The Morgan fingerprint density at radius 2 is 1.82 bits per heavy atom. The van der Waals surface area contributed by atoms with Gasteiger partial charge in [0.2, 0.25) is 0 Å². The van der Waals surface area contributed by atoms with E-state index >= 15 is 0 Å². The van der Waals surface area contributed by atoms with Crippen LogP contribution in [0, 0.1) is 5.41 Å². The molecule has 0 saturated heterocycles. The lowest BCUT2D eigenvalue weighted by Gasteiger charge is -2.37. The summed E-state index contributed by atoms with van der Waals surface area (Å²) in [4.78, 5) is 0. The van der Waals surface area contributed by atoms with Crippen molar-refractivity contribution in [3.8, 4) is 0 Å². The summed E-state index contributed by atoms with van der Waals surface area (Å²) in [6.45, 7) is 4.06. The highest BCUT2D eigenvalue weighted by Gasteiger charge is 2.66. The average Bonchev–Trinajstić information content (AvgIpc) is 3.01. The first kappa shape index (κ1) is 12.7. The van der Waals surface area contributed by atoms with Gasteiger partial charge in [-0.25, -0.2) is 0 Å². The molecule has 1 fully saturated rings. The Labute approximate surface area is 104 Å². The zero-order valence-electron chi connectivity index (χ0n) is 10.9. The lowest BCUT2D eigenvalue weighted by molar-refractivity contribution is -0.220. The number of aliphatic hydroxyl groups is 1. The minimum atomic E-state index is -0.588. The van der Waals surface area contributed by atoms with E-state index in [-0.39, 0.29) is 11.5 Å². The second kappa shape index (κ2) is 4.89. The lowest BCUT2D eigenvalue weighted by atomic mass is 9.85. The van der Waals surface area contributed by atoms with Gasteiger partial charge >= 0.3 is 0 Å². The van der Waals surface area contributed by atoms with E-state index < -0.39 is 5.79 Å². The van der Waals surface area contributed by atoms with Gasteiger partial charge in [-0.3, -0.25) is 0 Å². The SMILES string of the molecule is CCCCCCC1(C2(C(C)O)CC2)OC=CO1. The third kappa shape index (κ3) is 2.17. The summed E-state index contributed by atoms with van der Waals surface area (Å²) in [6, 6.07) is 0. The molecule has 1 heterocycles. The third-order valence-electron chi connectivity index (χ3n) is 4.28. The summed E-state index contributed by atoms with van der Waals surface area (Å²) >= 11 is 0. The first-order chi connectivity index (χ1) is 8.17. The molecule has 1 saturated carbocycles. The molecule has 1 aliphatic heterocycles. The molecule has 0 aromatic heterocycles. The molecule has 0 aromatic carbocycles. The standard InChI is InChI=1S/C14H24O3/c1-3-4-5-6-7-14(16-10-11-17-14)13(8-9-13)12(2)15/h10-12,15H,3-9H2,1-2H3. The number of hydrogen-bond acceptors (Lipinski definition) is 3. The fraction of sp³-hybridized carbons (Fsp3) is 0.857. The van der Waals surface area contributed by atoms with E-state index in [0.717, 1.165) is 25.7 Å². The molecule has 0 spiro atoms. The van der Waals surface area contributed by atoms with Crippen LogP contribution < -0.4 is 0 Å². The summed E-state index contributed by atoms with van der Waals surface area (Å²) in [5, 5.41) is 9.98. The van der Waals surface area contributed by atoms with Crippen LogP contribution in [0.5, 0.6) is 0 Å². The third-order valence-corrected chi connectivity index (χ3v) is 4.28. The van der Waals surface area contributed by atoms with Crippen molar-refractivity contribution in [1.82, 2.24) is 0 Å². The van der Waals surface area contributed by atoms with E-state index in [9.17, 15) is 5.11 Å². The molecule has 0 bridgehead atoms. The maximum Gasteiger partial charge on any atom is 0.257 e. The van der Waals surface area contributed by atoms with E-state index in [2.05, 4.69) is 6.92 Å². The van der Waals surface area contributed by atoms with Gasteiger partial charge in [-0.15, -0.1) is 0 Å². The number of unbranched alkanes of at least 4 members (excludes halogenated alkanes) is 3. The van der Waals surface area contributed by atoms with Crippen molar-refractivity contribution in [2.75, 3.05) is 0 Å². The molecule has 1 aliphatic carbocycles. The molecule has 98 valence electrons. The monoisotopic (exact) mass is 240 g/mol. The van der Waals surface area contributed by atoms with Crippen molar-refractivity contribution >= 4 is 0 Å². The molecule has 0 aromatic rings. The average molecular weight is 240 g/mol. The molecule has 1 atom stereocenters. The van der Waals surface area contributed by atoms with Crippen LogP contribution in [0.4, 0.5) is 0 Å². The van der Waals surface area contributed by atoms with E-state index in [4.69, 9.17) is 9.47 Å². The first-order valence-electron chi connectivity index (χ1n) is 6.85. The van der Waals surface area contributed by atoms with E-state index in [1.807, 2.05) is 6.92 Å². The van der Waals surface area contributed by atoms with Crippen LogP contribution in [-0.2, 0) is 9.47 Å². The molecule has 17 heavy (non-hydrogen) atoms. The summed E-state index contributed by atoms with van der Waals surface area (Å²) in [6.07, 6.45) is 10.6. The number of hydrogen-bond donors (Lipinski definition) is 1. The molecule has 3 heteroatoms. The van der Waals surface area contributed by atoms with Gasteiger partial charge in [0.05, 0.1) is 11.5 Å².